The van der Waals surface area contributed by atoms with E-state index in [4.69, 9.17) is 27.4 Å². The summed E-state index contributed by atoms with van der Waals surface area (Å²) >= 11 is 12.8. The molecule has 0 radical (unpaired) electrons. The minimum atomic E-state index is -4.08. The van der Waals surface area contributed by atoms with Gasteiger partial charge in [-0.05, 0) is 53.7 Å². The Kier molecular flexibility index (Phi) is 6.81. The van der Waals surface area contributed by atoms with E-state index in [1.807, 2.05) is 0 Å². The Morgan fingerprint density at radius 3 is 2.36 bits per heavy atom. The molecule has 0 aliphatic carbocycles. The van der Waals surface area contributed by atoms with Gasteiger partial charge in [-0.2, -0.15) is 8.42 Å². The zero-order valence-electron chi connectivity index (χ0n) is 16.8. The van der Waals surface area contributed by atoms with Crippen molar-refractivity contribution in [1.82, 2.24) is 4.90 Å². The molecule has 6 nitrogen and oxygen atoms in total. The Hall–Kier alpha value is -2.78. The van der Waals surface area contributed by atoms with Crippen molar-refractivity contribution in [2.24, 2.45) is 0 Å². The molecular formula is C23H15Cl2NO5S2. The Bertz CT molecular complexity index is 1370. The van der Waals surface area contributed by atoms with E-state index in [0.717, 1.165) is 16.7 Å². The molecule has 0 unspecified atom stereocenters. The predicted molar refractivity (Wildman–Crippen MR) is 129 cm³/mol. The number of rotatable bonds is 6. The third-order valence-electron chi connectivity index (χ3n) is 4.65. The first kappa shape index (κ1) is 23.4. The van der Waals surface area contributed by atoms with Gasteiger partial charge in [0.1, 0.15) is 10.6 Å². The summed E-state index contributed by atoms with van der Waals surface area (Å²) in [7, 11) is -4.08. The van der Waals surface area contributed by atoms with Gasteiger partial charge in [-0.3, -0.25) is 14.5 Å². The van der Waals surface area contributed by atoms with Gasteiger partial charge in [-0.1, -0.05) is 65.7 Å². The Balaban J connectivity index is 1.60. The van der Waals surface area contributed by atoms with Gasteiger partial charge in [-0.15, -0.1) is 0 Å². The highest BCUT2D eigenvalue weighted by Gasteiger charge is 2.35. The number of carbonyl (C=O) groups excluding carboxylic acids is 2. The molecule has 33 heavy (non-hydrogen) atoms. The van der Waals surface area contributed by atoms with Crippen LogP contribution in [0.2, 0.25) is 10.0 Å². The first-order chi connectivity index (χ1) is 15.7. The zero-order chi connectivity index (χ0) is 23.6. The van der Waals surface area contributed by atoms with Crippen LogP contribution in [0.1, 0.15) is 11.1 Å². The van der Waals surface area contributed by atoms with Crippen LogP contribution in [0.25, 0.3) is 6.08 Å². The first-order valence-electron chi connectivity index (χ1n) is 9.52. The van der Waals surface area contributed by atoms with Crippen molar-refractivity contribution in [3.8, 4) is 5.75 Å². The standard InChI is InChI=1S/C23H15Cl2NO5S2/c24-17-11-10-16(19(25)13-17)14-26-22(27)21(32-23(26)28)12-15-6-4-5-9-20(15)31-33(29,30)18-7-2-1-3-8-18/h1-13H,14H2/b21-12-. The molecule has 0 spiro atoms. The second-order valence-corrected chi connectivity index (χ2v) is 10.3. The lowest BCUT2D eigenvalue weighted by atomic mass is 10.2. The second-order valence-electron chi connectivity index (χ2n) is 6.89. The van der Waals surface area contributed by atoms with Gasteiger partial charge < -0.3 is 4.18 Å². The highest BCUT2D eigenvalue weighted by Crippen LogP contribution is 2.36. The molecule has 0 saturated carbocycles. The van der Waals surface area contributed by atoms with Crippen LogP contribution in [-0.4, -0.2) is 24.5 Å². The molecule has 1 heterocycles. The fourth-order valence-corrected chi connectivity index (χ4v) is 5.30. The number of hydrogen-bond donors (Lipinski definition) is 0. The van der Waals surface area contributed by atoms with Crippen LogP contribution >= 0.6 is 35.0 Å². The van der Waals surface area contributed by atoms with Crippen molar-refractivity contribution in [1.29, 1.82) is 0 Å². The molecule has 3 aromatic rings. The summed E-state index contributed by atoms with van der Waals surface area (Å²) in [5.74, 6) is -0.481. The average molecular weight is 520 g/mol. The van der Waals surface area contributed by atoms with Gasteiger partial charge in [0.25, 0.3) is 11.1 Å². The first-order valence-corrected chi connectivity index (χ1v) is 12.5. The van der Waals surface area contributed by atoms with E-state index in [-0.39, 0.29) is 22.1 Å². The van der Waals surface area contributed by atoms with Crippen LogP contribution in [-0.2, 0) is 21.5 Å². The smallest absolute Gasteiger partial charge is 0.339 e. The molecule has 10 heteroatoms. The number of benzene rings is 3. The highest BCUT2D eigenvalue weighted by molar-refractivity contribution is 8.18. The monoisotopic (exact) mass is 519 g/mol. The van der Waals surface area contributed by atoms with E-state index in [1.165, 1.54) is 30.3 Å². The maximum absolute atomic E-state index is 12.9. The van der Waals surface area contributed by atoms with Gasteiger partial charge in [0, 0.05) is 15.6 Å². The molecule has 2 amide bonds. The summed E-state index contributed by atoms with van der Waals surface area (Å²) in [6.45, 7) is -0.0153. The third kappa shape index (κ3) is 5.25. The number of nitrogens with zero attached hydrogens (tertiary/aromatic N) is 1. The predicted octanol–water partition coefficient (Wildman–Crippen LogP) is 6.00. The van der Waals surface area contributed by atoms with E-state index >= 15 is 0 Å². The molecule has 168 valence electrons. The van der Waals surface area contributed by atoms with Crippen LogP contribution in [0.5, 0.6) is 5.75 Å². The van der Waals surface area contributed by atoms with Crippen molar-refractivity contribution in [3.63, 3.8) is 0 Å². The zero-order valence-corrected chi connectivity index (χ0v) is 19.9. The number of halogens is 2. The Labute approximate surface area is 204 Å². The quantitative estimate of drug-likeness (QED) is 0.293. The van der Waals surface area contributed by atoms with Crippen molar-refractivity contribution in [3.05, 3.63) is 98.9 Å². The van der Waals surface area contributed by atoms with Crippen LogP contribution in [0.4, 0.5) is 4.79 Å². The summed E-state index contributed by atoms with van der Waals surface area (Å²) in [6, 6.07) is 18.9. The Morgan fingerprint density at radius 1 is 0.939 bits per heavy atom. The van der Waals surface area contributed by atoms with Crippen LogP contribution in [0, 0.1) is 0 Å². The van der Waals surface area contributed by atoms with Gasteiger partial charge >= 0.3 is 10.1 Å². The van der Waals surface area contributed by atoms with Gasteiger partial charge in [0.2, 0.25) is 0 Å². The lowest BCUT2D eigenvalue weighted by molar-refractivity contribution is -0.123. The summed E-state index contributed by atoms with van der Waals surface area (Å²) in [5.41, 5.74) is 0.911. The molecule has 1 fully saturated rings. The second kappa shape index (κ2) is 9.61. The van der Waals surface area contributed by atoms with Gasteiger partial charge in [0.15, 0.2) is 0 Å². The topological polar surface area (TPSA) is 80.8 Å². The van der Waals surface area contributed by atoms with E-state index in [1.54, 1.807) is 48.5 Å². The number of hydrogen-bond acceptors (Lipinski definition) is 6. The maximum Gasteiger partial charge on any atom is 0.339 e. The molecule has 1 aliphatic heterocycles. The van der Waals surface area contributed by atoms with Crippen molar-refractivity contribution < 1.29 is 22.2 Å². The fraction of sp³-hybridized carbons (Fsp3) is 0.0435. The summed E-state index contributed by atoms with van der Waals surface area (Å²) in [4.78, 5) is 26.6. The summed E-state index contributed by atoms with van der Waals surface area (Å²) in [5, 5.41) is 0.322. The van der Waals surface area contributed by atoms with Crippen molar-refractivity contribution in [2.45, 2.75) is 11.4 Å². The number of imide groups is 1. The molecule has 4 rings (SSSR count). The van der Waals surface area contributed by atoms with Crippen LogP contribution in [0.15, 0.2) is 82.6 Å². The van der Waals surface area contributed by atoms with Crippen LogP contribution < -0.4 is 4.18 Å². The average Bonchev–Trinajstić information content (AvgIpc) is 3.04. The molecule has 0 N–H and O–H groups in total. The minimum absolute atomic E-state index is 0.0000278. The molecule has 0 aromatic heterocycles. The SMILES string of the molecule is O=C1S/C(=C\c2ccccc2OS(=O)(=O)c2ccccc2)C(=O)N1Cc1ccc(Cl)cc1Cl. The number of para-hydroxylation sites is 1. The largest absolute Gasteiger partial charge is 0.378 e. The summed E-state index contributed by atoms with van der Waals surface area (Å²) in [6.07, 6.45) is 1.43. The number of thioether (sulfide) groups is 1. The number of amides is 2. The molecule has 1 aliphatic rings. The molecule has 0 bridgehead atoms. The van der Waals surface area contributed by atoms with E-state index in [9.17, 15) is 18.0 Å². The van der Waals surface area contributed by atoms with Crippen LogP contribution in [0.3, 0.4) is 0 Å². The molecule has 3 aromatic carbocycles. The molecular weight excluding hydrogens is 505 g/mol. The molecule has 1 saturated heterocycles. The van der Waals surface area contributed by atoms with Crippen molar-refractivity contribution in [2.75, 3.05) is 0 Å². The minimum Gasteiger partial charge on any atom is -0.378 e. The van der Waals surface area contributed by atoms with E-state index in [0.29, 0.717) is 21.2 Å². The van der Waals surface area contributed by atoms with Gasteiger partial charge in [0.05, 0.1) is 11.4 Å². The lowest BCUT2D eigenvalue weighted by Gasteiger charge is -2.13. The van der Waals surface area contributed by atoms with E-state index in [2.05, 4.69) is 0 Å². The molecule has 0 atom stereocenters. The highest BCUT2D eigenvalue weighted by atomic mass is 35.5. The maximum atomic E-state index is 12.9. The Morgan fingerprint density at radius 2 is 1.64 bits per heavy atom. The normalized spacial score (nSPS) is 15.3. The fourth-order valence-electron chi connectivity index (χ4n) is 3.03. The number of carbonyl (C=O) groups is 2. The summed E-state index contributed by atoms with van der Waals surface area (Å²) < 4.78 is 30.6. The lowest BCUT2D eigenvalue weighted by Crippen LogP contribution is -2.27. The van der Waals surface area contributed by atoms with Crippen molar-refractivity contribution >= 4 is 62.3 Å². The van der Waals surface area contributed by atoms with E-state index < -0.39 is 21.3 Å². The third-order valence-corrected chi connectivity index (χ3v) is 7.40. The van der Waals surface area contributed by atoms with Gasteiger partial charge in [-0.25, -0.2) is 0 Å².